The van der Waals surface area contributed by atoms with Gasteiger partial charge in [0.15, 0.2) is 0 Å². The Bertz CT molecular complexity index is 579. The lowest BCUT2D eigenvalue weighted by molar-refractivity contribution is 0.288. The molecule has 0 amide bonds. The third kappa shape index (κ3) is 2.38. The van der Waals surface area contributed by atoms with E-state index in [1.54, 1.807) is 16.2 Å². The number of benzene rings is 1. The fourth-order valence-electron chi connectivity index (χ4n) is 2.11. The Morgan fingerprint density at radius 3 is 2.39 bits per heavy atom. The average Bonchev–Trinajstić information content (AvgIpc) is 2.62. The molecule has 0 radical (unpaired) electrons. The van der Waals surface area contributed by atoms with Gasteiger partial charge in [0.2, 0.25) is 0 Å². The van der Waals surface area contributed by atoms with Gasteiger partial charge in [0.05, 0.1) is 5.69 Å². The number of aliphatic hydroxyl groups excluding tert-OH is 1. The van der Waals surface area contributed by atoms with Crippen molar-refractivity contribution in [2.24, 2.45) is 7.05 Å². The number of rotatable bonds is 4. The highest BCUT2D eigenvalue weighted by atomic mass is 16.2. The second-order valence-electron chi connectivity index (χ2n) is 4.49. The van der Waals surface area contributed by atoms with Crippen molar-refractivity contribution in [2.75, 3.05) is 6.61 Å². The van der Waals surface area contributed by atoms with E-state index >= 15 is 0 Å². The molecule has 0 fully saturated rings. The second-order valence-corrected chi connectivity index (χ2v) is 4.49. The van der Waals surface area contributed by atoms with Crippen LogP contribution in [0.5, 0.6) is 0 Å². The van der Waals surface area contributed by atoms with Crippen LogP contribution in [0.15, 0.2) is 35.3 Å². The van der Waals surface area contributed by atoms with E-state index in [2.05, 4.69) is 0 Å². The summed E-state index contributed by atoms with van der Waals surface area (Å²) >= 11 is 0. The van der Waals surface area contributed by atoms with Crippen LogP contribution in [-0.4, -0.2) is 20.8 Å². The Hall–Kier alpha value is -1.81. The lowest BCUT2D eigenvalue weighted by Crippen LogP contribution is -2.21. The van der Waals surface area contributed by atoms with Crippen molar-refractivity contribution in [1.29, 1.82) is 0 Å². The molecule has 4 nitrogen and oxygen atoms in total. The fraction of sp³-hybridized carbons (Fsp3) is 0.357. The Morgan fingerprint density at radius 2 is 1.89 bits per heavy atom. The number of aliphatic hydroxyl groups is 1. The molecular weight excluding hydrogens is 228 g/mol. The van der Waals surface area contributed by atoms with E-state index in [-0.39, 0.29) is 12.3 Å². The minimum atomic E-state index is -0.0318. The summed E-state index contributed by atoms with van der Waals surface area (Å²) in [6, 6.07) is 7.90. The summed E-state index contributed by atoms with van der Waals surface area (Å²) in [4.78, 5) is 11.9. The second kappa shape index (κ2) is 5.23. The van der Waals surface area contributed by atoms with Gasteiger partial charge in [-0.05, 0) is 37.5 Å². The maximum absolute atomic E-state index is 11.9. The summed E-state index contributed by atoms with van der Waals surface area (Å²) in [5, 5.41) is 8.79. The number of aromatic nitrogens is 2. The summed E-state index contributed by atoms with van der Waals surface area (Å²) < 4.78 is 3.27. The van der Waals surface area contributed by atoms with Crippen LogP contribution in [0.1, 0.15) is 17.7 Å². The Kier molecular flexibility index (Phi) is 3.67. The highest BCUT2D eigenvalue weighted by Crippen LogP contribution is 2.11. The Labute approximate surface area is 106 Å². The van der Waals surface area contributed by atoms with Crippen molar-refractivity contribution >= 4 is 0 Å². The molecule has 0 aliphatic carbocycles. The van der Waals surface area contributed by atoms with Crippen molar-refractivity contribution in [3.05, 3.63) is 52.2 Å². The SMILES string of the molecule is Cc1cn(C)c(=O)n1-c1ccc(CCCO)cc1. The molecule has 0 spiro atoms. The topological polar surface area (TPSA) is 47.2 Å². The van der Waals surface area contributed by atoms with Crippen LogP contribution in [0.2, 0.25) is 0 Å². The smallest absolute Gasteiger partial charge is 0.332 e. The summed E-state index contributed by atoms with van der Waals surface area (Å²) in [7, 11) is 1.75. The molecule has 2 rings (SSSR count). The molecule has 0 saturated heterocycles. The lowest BCUT2D eigenvalue weighted by atomic mass is 10.1. The van der Waals surface area contributed by atoms with Gasteiger partial charge in [-0.1, -0.05) is 12.1 Å². The van der Waals surface area contributed by atoms with Gasteiger partial charge in [0.1, 0.15) is 0 Å². The average molecular weight is 246 g/mol. The molecule has 1 aromatic heterocycles. The van der Waals surface area contributed by atoms with Gasteiger partial charge >= 0.3 is 5.69 Å². The Morgan fingerprint density at radius 1 is 1.22 bits per heavy atom. The van der Waals surface area contributed by atoms with E-state index < -0.39 is 0 Å². The van der Waals surface area contributed by atoms with Crippen LogP contribution in [0.25, 0.3) is 5.69 Å². The van der Waals surface area contributed by atoms with E-state index in [0.29, 0.717) is 0 Å². The predicted molar refractivity (Wildman–Crippen MR) is 71.2 cm³/mol. The number of imidazole rings is 1. The standard InChI is InChI=1S/C14H18N2O2/c1-11-10-15(2)14(18)16(11)13-7-5-12(6-8-13)4-3-9-17/h5-8,10,17H,3-4,9H2,1-2H3. The molecule has 96 valence electrons. The molecule has 1 heterocycles. The van der Waals surface area contributed by atoms with E-state index in [0.717, 1.165) is 24.2 Å². The molecule has 2 aromatic rings. The highest BCUT2D eigenvalue weighted by molar-refractivity contribution is 5.36. The third-order valence-electron chi connectivity index (χ3n) is 3.04. The number of aryl methyl sites for hydroxylation is 3. The first-order valence-electron chi connectivity index (χ1n) is 6.08. The molecule has 18 heavy (non-hydrogen) atoms. The van der Waals surface area contributed by atoms with Crippen LogP contribution in [0, 0.1) is 6.92 Å². The molecule has 0 atom stereocenters. The largest absolute Gasteiger partial charge is 0.396 e. The third-order valence-corrected chi connectivity index (χ3v) is 3.04. The first-order chi connectivity index (χ1) is 8.63. The first-order valence-corrected chi connectivity index (χ1v) is 6.08. The van der Waals surface area contributed by atoms with Crippen molar-refractivity contribution < 1.29 is 5.11 Å². The molecular formula is C14H18N2O2. The molecule has 0 aliphatic rings. The Balaban J connectivity index is 2.32. The van der Waals surface area contributed by atoms with Gasteiger partial charge in [-0.2, -0.15) is 0 Å². The maximum atomic E-state index is 11.9. The normalized spacial score (nSPS) is 10.8. The molecule has 4 heteroatoms. The predicted octanol–water partition coefficient (Wildman–Crippen LogP) is 1.41. The quantitative estimate of drug-likeness (QED) is 0.886. The van der Waals surface area contributed by atoms with Gasteiger partial charge in [0, 0.05) is 25.5 Å². The summed E-state index contributed by atoms with van der Waals surface area (Å²) in [6.45, 7) is 2.13. The first kappa shape index (κ1) is 12.6. The fourth-order valence-corrected chi connectivity index (χ4v) is 2.11. The van der Waals surface area contributed by atoms with Gasteiger partial charge in [-0.15, -0.1) is 0 Å². The van der Waals surface area contributed by atoms with E-state index in [9.17, 15) is 4.79 Å². The van der Waals surface area contributed by atoms with Crippen molar-refractivity contribution in [3.63, 3.8) is 0 Å². The van der Waals surface area contributed by atoms with Crippen LogP contribution in [0.3, 0.4) is 0 Å². The molecule has 1 aromatic carbocycles. The number of hydrogen-bond donors (Lipinski definition) is 1. The van der Waals surface area contributed by atoms with E-state index in [4.69, 9.17) is 5.11 Å². The zero-order valence-electron chi connectivity index (χ0n) is 10.8. The number of nitrogens with zero attached hydrogens (tertiary/aromatic N) is 2. The van der Waals surface area contributed by atoms with E-state index in [1.165, 1.54) is 5.56 Å². The summed E-state index contributed by atoms with van der Waals surface area (Å²) in [5.74, 6) is 0. The summed E-state index contributed by atoms with van der Waals surface area (Å²) in [5.41, 5.74) is 2.95. The van der Waals surface area contributed by atoms with Crippen LogP contribution >= 0.6 is 0 Å². The molecule has 1 N–H and O–H groups in total. The van der Waals surface area contributed by atoms with Gasteiger partial charge in [-0.3, -0.25) is 4.57 Å². The molecule has 0 aliphatic heterocycles. The van der Waals surface area contributed by atoms with Crippen molar-refractivity contribution in [1.82, 2.24) is 9.13 Å². The van der Waals surface area contributed by atoms with Crippen LogP contribution in [-0.2, 0) is 13.5 Å². The maximum Gasteiger partial charge on any atom is 0.332 e. The zero-order valence-corrected chi connectivity index (χ0v) is 10.8. The zero-order chi connectivity index (χ0) is 13.1. The van der Waals surface area contributed by atoms with E-state index in [1.807, 2.05) is 37.4 Å². The van der Waals surface area contributed by atoms with Gasteiger partial charge in [-0.25, -0.2) is 4.79 Å². The van der Waals surface area contributed by atoms with Crippen LogP contribution < -0.4 is 5.69 Å². The minimum absolute atomic E-state index is 0.0318. The number of hydrogen-bond acceptors (Lipinski definition) is 2. The monoisotopic (exact) mass is 246 g/mol. The molecule has 0 unspecified atom stereocenters. The van der Waals surface area contributed by atoms with Crippen molar-refractivity contribution in [2.45, 2.75) is 19.8 Å². The van der Waals surface area contributed by atoms with Crippen LogP contribution in [0.4, 0.5) is 0 Å². The van der Waals surface area contributed by atoms with Gasteiger partial charge in [0.25, 0.3) is 0 Å². The lowest BCUT2D eigenvalue weighted by Gasteiger charge is -2.05. The summed E-state index contributed by atoms with van der Waals surface area (Å²) in [6.07, 6.45) is 3.45. The molecule has 0 bridgehead atoms. The van der Waals surface area contributed by atoms with Crippen molar-refractivity contribution in [3.8, 4) is 5.69 Å². The van der Waals surface area contributed by atoms with Gasteiger partial charge < -0.3 is 9.67 Å². The highest BCUT2D eigenvalue weighted by Gasteiger charge is 2.07. The molecule has 0 saturated carbocycles. The minimum Gasteiger partial charge on any atom is -0.396 e.